The summed E-state index contributed by atoms with van der Waals surface area (Å²) >= 11 is 0. The van der Waals surface area contributed by atoms with E-state index in [-0.39, 0.29) is 23.5 Å². The van der Waals surface area contributed by atoms with Gasteiger partial charge in [0.05, 0.1) is 0 Å². The van der Waals surface area contributed by atoms with Gasteiger partial charge in [0.25, 0.3) is 5.91 Å². The smallest absolute Gasteiger partial charge is 0.253 e. The molecule has 0 aromatic heterocycles. The summed E-state index contributed by atoms with van der Waals surface area (Å²) in [5.41, 5.74) is 2.59. The number of likely N-dealkylation sites (tertiary alicyclic amines) is 1. The van der Waals surface area contributed by atoms with Crippen molar-refractivity contribution in [1.82, 2.24) is 4.90 Å². The Balaban J connectivity index is 1.61. The molecular weight excluding hydrogens is 355 g/mol. The van der Waals surface area contributed by atoms with Crippen LogP contribution in [0.4, 0.5) is 10.1 Å². The van der Waals surface area contributed by atoms with Crippen molar-refractivity contribution >= 4 is 17.5 Å². The molecule has 2 aromatic carbocycles. The molecule has 0 N–H and O–H groups in total. The second kappa shape index (κ2) is 8.55. The normalized spacial score (nSPS) is 15.0. The minimum absolute atomic E-state index is 0.0924. The van der Waals surface area contributed by atoms with Crippen LogP contribution < -0.4 is 4.90 Å². The molecule has 2 aromatic rings. The third-order valence-corrected chi connectivity index (χ3v) is 5.48. The third-order valence-electron chi connectivity index (χ3n) is 5.48. The van der Waals surface area contributed by atoms with Crippen LogP contribution in [0.25, 0.3) is 0 Å². The van der Waals surface area contributed by atoms with Crippen molar-refractivity contribution in [3.05, 3.63) is 65.5 Å². The van der Waals surface area contributed by atoms with E-state index in [4.69, 9.17) is 0 Å². The average Bonchev–Trinajstić information content (AvgIpc) is 2.73. The van der Waals surface area contributed by atoms with Crippen LogP contribution in [0.3, 0.4) is 0 Å². The molecule has 4 nitrogen and oxygen atoms in total. The van der Waals surface area contributed by atoms with E-state index >= 15 is 0 Å². The number of carbonyl (C=O) groups excluding carboxylic acids is 2. The maximum absolute atomic E-state index is 13.1. The SMILES string of the molecule is CC(C)c1cccc(N(C)C(=O)C2CCN(C(=O)c3ccc(F)cc3)CC2)c1. The molecule has 1 saturated heterocycles. The summed E-state index contributed by atoms with van der Waals surface area (Å²) in [6.07, 6.45) is 1.28. The van der Waals surface area contributed by atoms with Gasteiger partial charge in [-0.05, 0) is 60.7 Å². The summed E-state index contributed by atoms with van der Waals surface area (Å²) in [7, 11) is 1.82. The number of anilines is 1. The lowest BCUT2D eigenvalue weighted by Crippen LogP contribution is -2.43. The molecule has 0 aliphatic carbocycles. The number of hydrogen-bond acceptors (Lipinski definition) is 2. The molecule has 2 amide bonds. The van der Waals surface area contributed by atoms with Gasteiger partial charge in [0, 0.05) is 37.3 Å². The molecule has 1 heterocycles. The largest absolute Gasteiger partial charge is 0.339 e. The lowest BCUT2D eigenvalue weighted by atomic mass is 9.94. The molecule has 1 aliphatic rings. The van der Waals surface area contributed by atoms with Gasteiger partial charge in [0.15, 0.2) is 0 Å². The number of benzene rings is 2. The predicted octanol–water partition coefficient (Wildman–Crippen LogP) is 4.46. The second-order valence-corrected chi connectivity index (χ2v) is 7.72. The van der Waals surface area contributed by atoms with E-state index in [0.29, 0.717) is 37.4 Å². The highest BCUT2D eigenvalue weighted by atomic mass is 19.1. The zero-order chi connectivity index (χ0) is 20.3. The lowest BCUT2D eigenvalue weighted by Gasteiger charge is -2.33. The van der Waals surface area contributed by atoms with E-state index in [9.17, 15) is 14.0 Å². The average molecular weight is 382 g/mol. The zero-order valence-corrected chi connectivity index (χ0v) is 16.7. The van der Waals surface area contributed by atoms with Crippen LogP contribution in [0.15, 0.2) is 48.5 Å². The Hall–Kier alpha value is -2.69. The van der Waals surface area contributed by atoms with E-state index in [1.54, 1.807) is 9.80 Å². The number of rotatable bonds is 4. The molecule has 0 spiro atoms. The van der Waals surface area contributed by atoms with Crippen molar-refractivity contribution in [3.63, 3.8) is 0 Å². The summed E-state index contributed by atoms with van der Waals surface area (Å²) < 4.78 is 13.1. The van der Waals surface area contributed by atoms with Gasteiger partial charge in [-0.15, -0.1) is 0 Å². The zero-order valence-electron chi connectivity index (χ0n) is 16.7. The van der Waals surface area contributed by atoms with Crippen molar-refractivity contribution in [2.24, 2.45) is 5.92 Å². The van der Waals surface area contributed by atoms with Gasteiger partial charge in [-0.2, -0.15) is 0 Å². The van der Waals surface area contributed by atoms with Crippen molar-refractivity contribution in [1.29, 1.82) is 0 Å². The summed E-state index contributed by atoms with van der Waals surface area (Å²) in [6.45, 7) is 5.34. The fourth-order valence-electron chi connectivity index (χ4n) is 3.60. The first-order chi connectivity index (χ1) is 13.4. The minimum atomic E-state index is -0.356. The maximum Gasteiger partial charge on any atom is 0.253 e. The molecule has 5 heteroatoms. The highest BCUT2D eigenvalue weighted by molar-refractivity contribution is 5.96. The van der Waals surface area contributed by atoms with E-state index in [0.717, 1.165) is 5.69 Å². The van der Waals surface area contributed by atoms with Gasteiger partial charge >= 0.3 is 0 Å². The van der Waals surface area contributed by atoms with Gasteiger partial charge in [-0.3, -0.25) is 9.59 Å². The molecule has 1 aliphatic heterocycles. The summed E-state index contributed by atoms with van der Waals surface area (Å²) in [5, 5.41) is 0. The topological polar surface area (TPSA) is 40.6 Å². The van der Waals surface area contributed by atoms with Crippen LogP contribution in [0.1, 0.15) is 48.5 Å². The number of hydrogen-bond donors (Lipinski definition) is 0. The molecule has 0 saturated carbocycles. The molecular formula is C23H27FN2O2. The Morgan fingerprint density at radius 3 is 2.32 bits per heavy atom. The first-order valence-corrected chi connectivity index (χ1v) is 9.79. The molecule has 1 fully saturated rings. The van der Waals surface area contributed by atoms with Gasteiger partial charge < -0.3 is 9.80 Å². The highest BCUT2D eigenvalue weighted by Gasteiger charge is 2.30. The maximum atomic E-state index is 13.1. The van der Waals surface area contributed by atoms with E-state index in [1.807, 2.05) is 19.2 Å². The molecule has 3 rings (SSSR count). The Labute approximate surface area is 166 Å². The molecule has 0 radical (unpaired) electrons. The van der Waals surface area contributed by atoms with Gasteiger partial charge in [0.2, 0.25) is 5.91 Å². The number of carbonyl (C=O) groups is 2. The first-order valence-electron chi connectivity index (χ1n) is 9.79. The summed E-state index contributed by atoms with van der Waals surface area (Å²) in [6, 6.07) is 13.7. The number of nitrogens with zero attached hydrogens (tertiary/aromatic N) is 2. The number of halogens is 1. The van der Waals surface area contributed by atoms with Gasteiger partial charge in [-0.25, -0.2) is 4.39 Å². The number of piperidine rings is 1. The lowest BCUT2D eigenvalue weighted by molar-refractivity contribution is -0.123. The summed E-state index contributed by atoms with van der Waals surface area (Å²) in [5.74, 6) is -0.0572. The first kappa shape index (κ1) is 20.1. The molecule has 148 valence electrons. The van der Waals surface area contributed by atoms with Gasteiger partial charge in [0.1, 0.15) is 5.82 Å². The second-order valence-electron chi connectivity index (χ2n) is 7.72. The third kappa shape index (κ3) is 4.41. The Bertz CT molecular complexity index is 840. The quantitative estimate of drug-likeness (QED) is 0.783. The standard InChI is InChI=1S/C23H27FN2O2/c1-16(2)19-5-4-6-21(15-19)25(3)22(27)18-11-13-26(14-12-18)23(28)17-7-9-20(24)10-8-17/h4-10,15-16,18H,11-14H2,1-3H3. The van der Waals surface area contributed by atoms with Crippen LogP contribution in [-0.4, -0.2) is 36.9 Å². The molecule has 0 atom stereocenters. The Kier molecular flexibility index (Phi) is 6.12. The van der Waals surface area contributed by atoms with Crippen molar-refractivity contribution in [3.8, 4) is 0 Å². The predicted molar refractivity (Wildman–Crippen MR) is 109 cm³/mol. The Morgan fingerprint density at radius 1 is 1.07 bits per heavy atom. The van der Waals surface area contributed by atoms with E-state index in [1.165, 1.54) is 29.8 Å². The van der Waals surface area contributed by atoms with Crippen LogP contribution in [0, 0.1) is 11.7 Å². The molecule has 0 unspecified atom stereocenters. The van der Waals surface area contributed by atoms with Crippen LogP contribution in [-0.2, 0) is 4.79 Å². The monoisotopic (exact) mass is 382 g/mol. The molecule has 28 heavy (non-hydrogen) atoms. The van der Waals surface area contributed by atoms with Gasteiger partial charge in [-0.1, -0.05) is 26.0 Å². The van der Waals surface area contributed by atoms with Crippen LogP contribution in [0.5, 0.6) is 0 Å². The van der Waals surface area contributed by atoms with Crippen molar-refractivity contribution in [2.75, 3.05) is 25.0 Å². The minimum Gasteiger partial charge on any atom is -0.339 e. The highest BCUT2D eigenvalue weighted by Crippen LogP contribution is 2.26. The van der Waals surface area contributed by atoms with E-state index in [2.05, 4.69) is 26.0 Å². The molecule has 0 bridgehead atoms. The van der Waals surface area contributed by atoms with Crippen LogP contribution >= 0.6 is 0 Å². The summed E-state index contributed by atoms with van der Waals surface area (Å²) in [4.78, 5) is 29.0. The Morgan fingerprint density at radius 2 is 1.71 bits per heavy atom. The number of amides is 2. The van der Waals surface area contributed by atoms with E-state index < -0.39 is 0 Å². The fourth-order valence-corrected chi connectivity index (χ4v) is 3.60. The van der Waals surface area contributed by atoms with Crippen LogP contribution in [0.2, 0.25) is 0 Å². The van der Waals surface area contributed by atoms with Crippen molar-refractivity contribution < 1.29 is 14.0 Å². The fraction of sp³-hybridized carbons (Fsp3) is 0.391. The van der Waals surface area contributed by atoms with Crippen molar-refractivity contribution in [2.45, 2.75) is 32.6 Å².